The first-order valence-electron chi connectivity index (χ1n) is 6.60. The second-order valence-corrected chi connectivity index (χ2v) is 5.10. The molecule has 3 N–H and O–H groups in total. The summed E-state index contributed by atoms with van der Waals surface area (Å²) in [5, 5.41) is 9.66. The van der Waals surface area contributed by atoms with Crippen LogP contribution in [0.5, 0.6) is 0 Å². The lowest BCUT2D eigenvalue weighted by molar-refractivity contribution is 0.190. The van der Waals surface area contributed by atoms with Gasteiger partial charge in [-0.3, -0.25) is 0 Å². The van der Waals surface area contributed by atoms with Crippen molar-refractivity contribution in [2.75, 3.05) is 6.61 Å². The van der Waals surface area contributed by atoms with Crippen molar-refractivity contribution in [3.63, 3.8) is 0 Å². The second kappa shape index (κ2) is 5.99. The zero-order chi connectivity index (χ0) is 13.8. The van der Waals surface area contributed by atoms with Crippen LogP contribution in [0.15, 0.2) is 42.7 Å². The Morgan fingerprint density at radius 2 is 1.95 bits per heavy atom. The number of nitrogens with zero attached hydrogens (tertiary/aromatic N) is 2. The van der Waals surface area contributed by atoms with E-state index >= 15 is 0 Å². The zero-order valence-electron chi connectivity index (χ0n) is 11.4. The molecule has 0 amide bonds. The summed E-state index contributed by atoms with van der Waals surface area (Å²) in [4.78, 5) is 4.39. The number of aromatic nitrogens is 2. The van der Waals surface area contributed by atoms with E-state index in [-0.39, 0.29) is 18.7 Å². The van der Waals surface area contributed by atoms with Gasteiger partial charge in [0.1, 0.15) is 5.82 Å². The van der Waals surface area contributed by atoms with Gasteiger partial charge in [0.05, 0.1) is 12.6 Å². The highest BCUT2D eigenvalue weighted by Gasteiger charge is 2.23. The third kappa shape index (κ3) is 2.85. The van der Waals surface area contributed by atoms with Gasteiger partial charge in [-0.2, -0.15) is 0 Å². The van der Waals surface area contributed by atoms with Gasteiger partial charge in [0, 0.05) is 24.0 Å². The van der Waals surface area contributed by atoms with Crippen LogP contribution < -0.4 is 5.73 Å². The number of hydrogen-bond donors (Lipinski definition) is 2. The topological polar surface area (TPSA) is 64.1 Å². The summed E-state index contributed by atoms with van der Waals surface area (Å²) >= 11 is 0. The first-order chi connectivity index (χ1) is 9.15. The van der Waals surface area contributed by atoms with Crippen molar-refractivity contribution in [2.45, 2.75) is 25.9 Å². The first-order valence-corrected chi connectivity index (χ1v) is 6.60. The van der Waals surface area contributed by atoms with Crippen molar-refractivity contribution in [2.24, 2.45) is 11.7 Å². The third-order valence-corrected chi connectivity index (χ3v) is 3.46. The maximum absolute atomic E-state index is 9.66. The van der Waals surface area contributed by atoms with Crippen molar-refractivity contribution in [3.8, 4) is 11.4 Å². The van der Waals surface area contributed by atoms with Gasteiger partial charge in [-0.25, -0.2) is 4.98 Å². The highest BCUT2D eigenvalue weighted by atomic mass is 16.3. The van der Waals surface area contributed by atoms with Crippen LogP contribution in [0.3, 0.4) is 0 Å². The van der Waals surface area contributed by atoms with Crippen molar-refractivity contribution in [1.29, 1.82) is 0 Å². The quantitative estimate of drug-likeness (QED) is 0.864. The molecule has 1 aromatic heterocycles. The molecule has 4 heteroatoms. The van der Waals surface area contributed by atoms with Crippen LogP contribution >= 0.6 is 0 Å². The average molecular weight is 259 g/mol. The predicted molar refractivity (Wildman–Crippen MR) is 76.6 cm³/mol. The molecule has 0 fully saturated rings. The van der Waals surface area contributed by atoms with E-state index in [1.165, 1.54) is 0 Å². The molecular formula is C15H21N3O. The van der Waals surface area contributed by atoms with Crippen LogP contribution in [0.4, 0.5) is 0 Å². The molecule has 1 aromatic carbocycles. The smallest absolute Gasteiger partial charge is 0.140 e. The summed E-state index contributed by atoms with van der Waals surface area (Å²) in [6.07, 6.45) is 3.63. The SMILES string of the molecule is CC(C)C(N)C(CO)n1ccnc1-c1ccccc1. The number of aliphatic hydroxyl groups excluding tert-OH is 1. The van der Waals surface area contributed by atoms with Crippen molar-refractivity contribution in [3.05, 3.63) is 42.7 Å². The van der Waals surface area contributed by atoms with Crippen molar-refractivity contribution < 1.29 is 5.11 Å². The highest BCUT2D eigenvalue weighted by molar-refractivity contribution is 5.55. The van der Waals surface area contributed by atoms with E-state index in [1.54, 1.807) is 6.20 Å². The Bertz CT molecular complexity index is 507. The fourth-order valence-corrected chi connectivity index (χ4v) is 2.23. The Balaban J connectivity index is 2.38. The Kier molecular flexibility index (Phi) is 4.35. The van der Waals surface area contributed by atoms with E-state index in [4.69, 9.17) is 5.73 Å². The van der Waals surface area contributed by atoms with Crippen molar-refractivity contribution >= 4 is 0 Å². The molecular weight excluding hydrogens is 238 g/mol. The molecule has 0 aliphatic rings. The van der Waals surface area contributed by atoms with Gasteiger partial charge < -0.3 is 15.4 Å². The van der Waals surface area contributed by atoms with Crippen molar-refractivity contribution in [1.82, 2.24) is 9.55 Å². The number of imidazole rings is 1. The maximum atomic E-state index is 9.66. The van der Waals surface area contributed by atoms with Crippen LogP contribution in [0.2, 0.25) is 0 Å². The van der Waals surface area contributed by atoms with E-state index in [0.717, 1.165) is 11.4 Å². The summed E-state index contributed by atoms with van der Waals surface area (Å²) in [7, 11) is 0. The predicted octanol–water partition coefficient (Wildman–Crippen LogP) is 2.07. The Labute approximate surface area is 113 Å². The molecule has 2 aromatic rings. The zero-order valence-corrected chi connectivity index (χ0v) is 11.4. The molecule has 4 nitrogen and oxygen atoms in total. The number of aliphatic hydroxyl groups is 1. The molecule has 0 aliphatic carbocycles. The third-order valence-electron chi connectivity index (χ3n) is 3.46. The molecule has 0 bridgehead atoms. The summed E-state index contributed by atoms with van der Waals surface area (Å²) < 4.78 is 1.97. The van der Waals surface area contributed by atoms with E-state index in [1.807, 2.05) is 41.1 Å². The van der Waals surface area contributed by atoms with Gasteiger partial charge in [-0.1, -0.05) is 44.2 Å². The molecule has 1 heterocycles. The van der Waals surface area contributed by atoms with Gasteiger partial charge in [0.2, 0.25) is 0 Å². The van der Waals surface area contributed by atoms with Crippen LogP contribution in [0.1, 0.15) is 19.9 Å². The molecule has 2 atom stereocenters. The van der Waals surface area contributed by atoms with E-state index in [9.17, 15) is 5.11 Å². The molecule has 0 aliphatic heterocycles. The Morgan fingerprint density at radius 1 is 1.26 bits per heavy atom. The van der Waals surface area contributed by atoms with Crippen LogP contribution in [-0.4, -0.2) is 27.3 Å². The largest absolute Gasteiger partial charge is 0.394 e. The monoisotopic (exact) mass is 259 g/mol. The average Bonchev–Trinajstić information content (AvgIpc) is 2.89. The lowest BCUT2D eigenvalue weighted by Gasteiger charge is -2.27. The van der Waals surface area contributed by atoms with E-state index in [2.05, 4.69) is 18.8 Å². The van der Waals surface area contributed by atoms with Gasteiger partial charge >= 0.3 is 0 Å². The number of hydrogen-bond acceptors (Lipinski definition) is 3. The summed E-state index contributed by atoms with van der Waals surface area (Å²) in [6.45, 7) is 4.13. The molecule has 0 saturated heterocycles. The Hall–Kier alpha value is -1.65. The van der Waals surface area contributed by atoms with Crippen LogP contribution in [0, 0.1) is 5.92 Å². The summed E-state index contributed by atoms with van der Waals surface area (Å²) in [6, 6.07) is 9.68. The fraction of sp³-hybridized carbons (Fsp3) is 0.400. The minimum absolute atomic E-state index is 0.00946. The molecule has 0 spiro atoms. The standard InChI is InChI=1S/C15H21N3O/c1-11(2)14(16)13(10-19)18-9-8-17-15(18)12-6-4-3-5-7-12/h3-9,11,13-14,19H,10,16H2,1-2H3. The maximum Gasteiger partial charge on any atom is 0.140 e. The van der Waals surface area contributed by atoms with E-state index in [0.29, 0.717) is 5.92 Å². The lowest BCUT2D eigenvalue weighted by atomic mass is 9.97. The van der Waals surface area contributed by atoms with Gasteiger partial charge in [0.25, 0.3) is 0 Å². The summed E-state index contributed by atoms with van der Waals surface area (Å²) in [5.74, 6) is 1.14. The first kappa shape index (κ1) is 13.8. The number of nitrogens with two attached hydrogens (primary N) is 1. The highest BCUT2D eigenvalue weighted by Crippen LogP contribution is 2.24. The molecule has 2 rings (SSSR count). The molecule has 2 unspecified atom stereocenters. The minimum Gasteiger partial charge on any atom is -0.394 e. The minimum atomic E-state index is -0.155. The van der Waals surface area contributed by atoms with E-state index < -0.39 is 0 Å². The normalized spacial score (nSPS) is 14.6. The van der Waals surface area contributed by atoms with Crippen LogP contribution in [0.25, 0.3) is 11.4 Å². The Morgan fingerprint density at radius 3 is 2.53 bits per heavy atom. The molecule has 0 saturated carbocycles. The van der Waals surface area contributed by atoms with Gasteiger partial charge in [0.15, 0.2) is 0 Å². The fourth-order valence-electron chi connectivity index (χ4n) is 2.23. The van der Waals surface area contributed by atoms with Gasteiger partial charge in [-0.05, 0) is 5.92 Å². The number of rotatable bonds is 5. The molecule has 102 valence electrons. The summed E-state index contributed by atoms with van der Waals surface area (Å²) in [5.41, 5.74) is 7.23. The van der Waals surface area contributed by atoms with Gasteiger partial charge in [-0.15, -0.1) is 0 Å². The molecule has 0 radical (unpaired) electrons. The van der Waals surface area contributed by atoms with Crippen LogP contribution in [-0.2, 0) is 0 Å². The second-order valence-electron chi connectivity index (χ2n) is 5.10. The molecule has 19 heavy (non-hydrogen) atoms. The number of benzene rings is 1. The lowest BCUT2D eigenvalue weighted by Crippen LogP contribution is -2.38.